The molecule has 2 N–H and O–H groups in total. The van der Waals surface area contributed by atoms with Crippen molar-refractivity contribution < 1.29 is 4.52 Å². The van der Waals surface area contributed by atoms with E-state index in [-0.39, 0.29) is 0 Å². The predicted octanol–water partition coefficient (Wildman–Crippen LogP) is 4.63. The molecule has 3 heterocycles. The second-order valence-electron chi connectivity index (χ2n) is 7.82. The Labute approximate surface area is 169 Å². The molecule has 4 aromatic rings. The Morgan fingerprint density at radius 3 is 2.93 bits per heavy atom. The summed E-state index contributed by atoms with van der Waals surface area (Å²) in [5, 5.41) is 12.2. The van der Waals surface area contributed by atoms with Gasteiger partial charge < -0.3 is 19.7 Å². The molecule has 0 fully saturated rings. The standard InChI is InChI=1S/C23H25N5O/c1-14(2)28-13-20(24-3)19-11-15(7-8-21(19)28)23-26-22(27-29-23)18-6-4-5-16-12-25-10-9-17(16)18/h4-8,11,13-14,24-25H,9-10,12H2,1-3H3. The van der Waals surface area contributed by atoms with Gasteiger partial charge in [0.25, 0.3) is 5.89 Å². The van der Waals surface area contributed by atoms with E-state index in [1.807, 2.05) is 7.05 Å². The fraction of sp³-hybridized carbons (Fsp3) is 0.304. The third-order valence-corrected chi connectivity index (χ3v) is 5.71. The zero-order valence-corrected chi connectivity index (χ0v) is 17.0. The van der Waals surface area contributed by atoms with E-state index in [1.165, 1.54) is 16.6 Å². The van der Waals surface area contributed by atoms with Gasteiger partial charge in [0, 0.05) is 42.3 Å². The lowest BCUT2D eigenvalue weighted by Crippen LogP contribution is -2.24. The monoisotopic (exact) mass is 387 g/mol. The van der Waals surface area contributed by atoms with Crippen molar-refractivity contribution in [1.29, 1.82) is 0 Å². The Hall–Kier alpha value is -3.12. The van der Waals surface area contributed by atoms with Crippen LogP contribution in [0.3, 0.4) is 0 Å². The highest BCUT2D eigenvalue weighted by Crippen LogP contribution is 2.33. The average molecular weight is 387 g/mol. The van der Waals surface area contributed by atoms with Crippen LogP contribution < -0.4 is 10.6 Å². The molecule has 1 aliphatic heterocycles. The van der Waals surface area contributed by atoms with E-state index in [9.17, 15) is 0 Å². The summed E-state index contributed by atoms with van der Waals surface area (Å²) in [6.45, 7) is 6.25. The lowest BCUT2D eigenvalue weighted by Gasteiger charge is -2.18. The van der Waals surface area contributed by atoms with Crippen molar-refractivity contribution >= 4 is 16.6 Å². The van der Waals surface area contributed by atoms with Gasteiger partial charge >= 0.3 is 0 Å². The molecule has 2 aromatic heterocycles. The summed E-state index contributed by atoms with van der Waals surface area (Å²) < 4.78 is 7.94. The first-order valence-corrected chi connectivity index (χ1v) is 10.1. The minimum Gasteiger partial charge on any atom is -0.386 e. The SMILES string of the molecule is CNc1cn(C(C)C)c2ccc(-c3nc(-c4cccc5c4CCNC5)no3)cc12. The highest BCUT2D eigenvalue weighted by Gasteiger charge is 2.19. The normalized spacial score (nSPS) is 13.8. The number of rotatable bonds is 4. The summed E-state index contributed by atoms with van der Waals surface area (Å²) in [6, 6.07) is 13.0. The van der Waals surface area contributed by atoms with Gasteiger partial charge in [0.05, 0.1) is 11.2 Å². The Morgan fingerprint density at radius 1 is 1.21 bits per heavy atom. The number of anilines is 1. The maximum Gasteiger partial charge on any atom is 0.258 e. The predicted molar refractivity (Wildman–Crippen MR) is 116 cm³/mol. The maximum absolute atomic E-state index is 5.67. The van der Waals surface area contributed by atoms with Crippen molar-refractivity contribution in [1.82, 2.24) is 20.0 Å². The second kappa shape index (κ2) is 7.04. The molecule has 0 saturated carbocycles. The number of benzene rings is 2. The van der Waals surface area contributed by atoms with Crippen LogP contribution in [0.1, 0.15) is 31.0 Å². The van der Waals surface area contributed by atoms with E-state index in [1.54, 1.807) is 0 Å². The zero-order chi connectivity index (χ0) is 20.0. The van der Waals surface area contributed by atoms with Crippen LogP contribution in [0.15, 0.2) is 47.1 Å². The lowest BCUT2D eigenvalue weighted by molar-refractivity contribution is 0.432. The molecule has 1 aliphatic rings. The molecule has 5 rings (SSSR count). The van der Waals surface area contributed by atoms with Gasteiger partial charge in [-0.2, -0.15) is 4.98 Å². The Bertz CT molecular complexity index is 1190. The quantitative estimate of drug-likeness (QED) is 0.534. The van der Waals surface area contributed by atoms with Gasteiger partial charge in [0.2, 0.25) is 5.82 Å². The van der Waals surface area contributed by atoms with E-state index in [0.29, 0.717) is 17.8 Å². The minimum atomic E-state index is 0.388. The van der Waals surface area contributed by atoms with Crippen molar-refractivity contribution in [3.8, 4) is 22.8 Å². The van der Waals surface area contributed by atoms with Crippen molar-refractivity contribution in [3.63, 3.8) is 0 Å². The largest absolute Gasteiger partial charge is 0.386 e. The Balaban J connectivity index is 1.57. The van der Waals surface area contributed by atoms with Gasteiger partial charge in [-0.05, 0) is 56.1 Å². The molecular weight excluding hydrogens is 362 g/mol. The summed E-state index contributed by atoms with van der Waals surface area (Å²) in [4.78, 5) is 4.74. The molecule has 6 heteroatoms. The number of aromatic nitrogens is 3. The van der Waals surface area contributed by atoms with Crippen LogP contribution in [-0.4, -0.2) is 28.3 Å². The van der Waals surface area contributed by atoms with Crippen LogP contribution in [-0.2, 0) is 13.0 Å². The van der Waals surface area contributed by atoms with Crippen LogP contribution in [0.2, 0.25) is 0 Å². The Kier molecular flexibility index (Phi) is 4.36. The molecule has 0 amide bonds. The van der Waals surface area contributed by atoms with Crippen LogP contribution in [0, 0.1) is 0 Å². The van der Waals surface area contributed by atoms with Gasteiger partial charge in [-0.15, -0.1) is 0 Å². The number of nitrogens with one attached hydrogen (secondary N) is 2. The van der Waals surface area contributed by atoms with E-state index in [2.05, 4.69) is 76.8 Å². The third kappa shape index (κ3) is 3.00. The van der Waals surface area contributed by atoms with E-state index >= 15 is 0 Å². The molecule has 0 unspecified atom stereocenters. The molecule has 0 saturated heterocycles. The summed E-state index contributed by atoms with van der Waals surface area (Å²) >= 11 is 0. The lowest BCUT2D eigenvalue weighted by atomic mass is 9.95. The van der Waals surface area contributed by atoms with Gasteiger partial charge in [-0.25, -0.2) is 0 Å². The maximum atomic E-state index is 5.67. The van der Waals surface area contributed by atoms with Crippen LogP contribution in [0.4, 0.5) is 5.69 Å². The smallest absolute Gasteiger partial charge is 0.258 e. The molecular formula is C23H25N5O. The fourth-order valence-corrected chi connectivity index (χ4v) is 4.21. The molecule has 0 radical (unpaired) electrons. The molecule has 148 valence electrons. The second-order valence-corrected chi connectivity index (χ2v) is 7.82. The molecule has 0 spiro atoms. The third-order valence-electron chi connectivity index (χ3n) is 5.71. The first-order chi connectivity index (χ1) is 14.2. The molecule has 0 bridgehead atoms. The van der Waals surface area contributed by atoms with E-state index in [4.69, 9.17) is 9.51 Å². The molecule has 0 atom stereocenters. The van der Waals surface area contributed by atoms with Crippen LogP contribution in [0.25, 0.3) is 33.7 Å². The zero-order valence-electron chi connectivity index (χ0n) is 17.0. The highest BCUT2D eigenvalue weighted by molar-refractivity contribution is 5.95. The summed E-state index contributed by atoms with van der Waals surface area (Å²) in [5.41, 5.74) is 6.93. The van der Waals surface area contributed by atoms with E-state index < -0.39 is 0 Å². The number of nitrogens with zero attached hydrogens (tertiary/aromatic N) is 3. The fourth-order valence-electron chi connectivity index (χ4n) is 4.21. The van der Waals surface area contributed by atoms with Crippen molar-refractivity contribution in [2.75, 3.05) is 18.9 Å². The van der Waals surface area contributed by atoms with Crippen molar-refractivity contribution in [2.45, 2.75) is 32.9 Å². The molecule has 0 aliphatic carbocycles. The number of fused-ring (bicyclic) bond motifs is 2. The first-order valence-electron chi connectivity index (χ1n) is 10.1. The van der Waals surface area contributed by atoms with Crippen molar-refractivity contribution in [3.05, 3.63) is 53.7 Å². The van der Waals surface area contributed by atoms with Crippen LogP contribution in [0.5, 0.6) is 0 Å². The van der Waals surface area contributed by atoms with Gasteiger partial charge in [0.1, 0.15) is 0 Å². The summed E-state index contributed by atoms with van der Waals surface area (Å²) in [5.74, 6) is 1.21. The summed E-state index contributed by atoms with van der Waals surface area (Å²) in [6.07, 6.45) is 3.14. The topological polar surface area (TPSA) is 67.9 Å². The van der Waals surface area contributed by atoms with Gasteiger partial charge in [0.15, 0.2) is 0 Å². The van der Waals surface area contributed by atoms with E-state index in [0.717, 1.165) is 41.7 Å². The molecule has 2 aromatic carbocycles. The highest BCUT2D eigenvalue weighted by atomic mass is 16.5. The number of hydrogen-bond donors (Lipinski definition) is 2. The molecule has 6 nitrogen and oxygen atoms in total. The van der Waals surface area contributed by atoms with Crippen molar-refractivity contribution in [2.24, 2.45) is 0 Å². The number of hydrogen-bond acceptors (Lipinski definition) is 5. The van der Waals surface area contributed by atoms with Gasteiger partial charge in [-0.1, -0.05) is 23.4 Å². The first kappa shape index (κ1) is 17.9. The Morgan fingerprint density at radius 2 is 2.10 bits per heavy atom. The minimum absolute atomic E-state index is 0.388. The summed E-state index contributed by atoms with van der Waals surface area (Å²) in [7, 11) is 1.95. The van der Waals surface area contributed by atoms with Gasteiger partial charge in [-0.3, -0.25) is 0 Å². The van der Waals surface area contributed by atoms with Crippen LogP contribution >= 0.6 is 0 Å². The average Bonchev–Trinajstić information content (AvgIpc) is 3.38. The molecule has 29 heavy (non-hydrogen) atoms.